The Hall–Kier alpha value is -0.590. The lowest BCUT2D eigenvalue weighted by Gasteiger charge is -2.36. The highest BCUT2D eigenvalue weighted by molar-refractivity contribution is 6.01. The molecule has 0 aliphatic heterocycles. The van der Waals surface area contributed by atoms with Gasteiger partial charge in [0.15, 0.2) is 5.78 Å². The van der Waals surface area contributed by atoms with Crippen LogP contribution in [0.3, 0.4) is 0 Å². The molecule has 0 atom stereocenters. The van der Waals surface area contributed by atoms with Crippen LogP contribution in [0.25, 0.3) is 0 Å². The van der Waals surface area contributed by atoms with E-state index in [2.05, 4.69) is 13.8 Å². The van der Waals surface area contributed by atoms with Gasteiger partial charge in [-0.25, -0.2) is 0 Å². The second-order valence-corrected chi connectivity index (χ2v) is 3.96. The van der Waals surface area contributed by atoms with Crippen molar-refractivity contribution in [3.63, 3.8) is 0 Å². The van der Waals surface area contributed by atoms with Gasteiger partial charge in [0.05, 0.1) is 0 Å². The summed E-state index contributed by atoms with van der Waals surface area (Å²) in [5, 5.41) is 0. The first kappa shape index (κ1) is 6.14. The van der Waals surface area contributed by atoms with Crippen molar-refractivity contribution in [3.8, 4) is 0 Å². The highest BCUT2D eigenvalue weighted by Gasteiger charge is 2.43. The van der Waals surface area contributed by atoms with Gasteiger partial charge in [-0.15, -0.1) is 0 Å². The Morgan fingerprint density at radius 2 is 2.00 bits per heavy atom. The van der Waals surface area contributed by atoms with Crippen molar-refractivity contribution in [2.45, 2.75) is 33.1 Å². The molecule has 0 amide bonds. The van der Waals surface area contributed by atoms with Crippen molar-refractivity contribution >= 4 is 5.78 Å². The third kappa shape index (κ3) is 0.556. The number of ketones is 1. The van der Waals surface area contributed by atoms with Gasteiger partial charge in [-0.3, -0.25) is 4.79 Å². The molecular formula is C9H12O. The van der Waals surface area contributed by atoms with Crippen molar-refractivity contribution < 1.29 is 4.79 Å². The number of carbonyl (C=O) groups is 1. The fraction of sp³-hybridized carbons (Fsp3) is 0.667. The number of allylic oxidation sites excluding steroid dienone is 2. The zero-order valence-electron chi connectivity index (χ0n) is 6.53. The minimum atomic E-state index is 0.225. The summed E-state index contributed by atoms with van der Waals surface area (Å²) in [7, 11) is 0. The van der Waals surface area contributed by atoms with E-state index in [1.54, 1.807) is 0 Å². The molecule has 0 spiro atoms. The molecule has 2 aliphatic rings. The van der Waals surface area contributed by atoms with Crippen molar-refractivity contribution in [2.75, 3.05) is 0 Å². The van der Waals surface area contributed by atoms with Crippen LogP contribution in [0.5, 0.6) is 0 Å². The van der Waals surface area contributed by atoms with Gasteiger partial charge in [0.2, 0.25) is 0 Å². The van der Waals surface area contributed by atoms with Gasteiger partial charge < -0.3 is 0 Å². The summed E-state index contributed by atoms with van der Waals surface area (Å²) >= 11 is 0. The molecule has 54 valence electrons. The van der Waals surface area contributed by atoms with E-state index in [0.29, 0.717) is 5.78 Å². The van der Waals surface area contributed by atoms with Crippen molar-refractivity contribution in [2.24, 2.45) is 5.41 Å². The zero-order chi connectivity index (χ0) is 7.35. The first-order valence-electron chi connectivity index (χ1n) is 3.87. The largest absolute Gasteiger partial charge is 0.295 e. The van der Waals surface area contributed by atoms with Gasteiger partial charge in [0.25, 0.3) is 0 Å². The average Bonchev–Trinajstić information content (AvgIpc) is 2.06. The molecule has 1 nitrogen and oxygen atoms in total. The van der Waals surface area contributed by atoms with E-state index in [1.807, 2.05) is 0 Å². The van der Waals surface area contributed by atoms with Gasteiger partial charge >= 0.3 is 0 Å². The summed E-state index contributed by atoms with van der Waals surface area (Å²) in [4.78, 5) is 11.2. The minimum absolute atomic E-state index is 0.225. The Kier molecular flexibility index (Phi) is 0.936. The van der Waals surface area contributed by atoms with Crippen LogP contribution in [0.15, 0.2) is 11.1 Å². The first-order chi connectivity index (χ1) is 4.61. The molecule has 10 heavy (non-hydrogen) atoms. The van der Waals surface area contributed by atoms with Gasteiger partial charge in [0, 0.05) is 12.0 Å². The first-order valence-corrected chi connectivity index (χ1v) is 3.87. The standard InChI is InChI=1S/C9H12O/c1-9(2)5-6-3-4-7(10)8(6)9/h3-5H2,1-2H3. The van der Waals surface area contributed by atoms with E-state index in [4.69, 9.17) is 0 Å². The summed E-state index contributed by atoms with van der Waals surface area (Å²) in [6.45, 7) is 4.32. The molecule has 1 heteroatoms. The minimum Gasteiger partial charge on any atom is -0.295 e. The molecule has 0 N–H and O–H groups in total. The molecule has 0 aromatic rings. The van der Waals surface area contributed by atoms with Gasteiger partial charge in [0.1, 0.15) is 0 Å². The van der Waals surface area contributed by atoms with Crippen LogP contribution >= 0.6 is 0 Å². The molecular weight excluding hydrogens is 124 g/mol. The lowest BCUT2D eigenvalue weighted by atomic mass is 9.67. The van der Waals surface area contributed by atoms with Crippen LogP contribution in [0.2, 0.25) is 0 Å². The molecule has 0 heterocycles. The number of hydrogen-bond acceptors (Lipinski definition) is 1. The summed E-state index contributed by atoms with van der Waals surface area (Å²) in [6.07, 6.45) is 3.00. The average molecular weight is 136 g/mol. The second-order valence-electron chi connectivity index (χ2n) is 3.96. The fourth-order valence-electron chi connectivity index (χ4n) is 2.26. The van der Waals surface area contributed by atoms with Crippen LogP contribution in [0, 0.1) is 5.41 Å². The molecule has 0 aromatic heterocycles. The highest BCUT2D eigenvalue weighted by Crippen LogP contribution is 2.51. The number of carbonyl (C=O) groups excluding carboxylic acids is 1. The fourth-order valence-corrected chi connectivity index (χ4v) is 2.26. The number of rotatable bonds is 0. The molecule has 0 aromatic carbocycles. The normalized spacial score (nSPS) is 28.4. The van der Waals surface area contributed by atoms with E-state index >= 15 is 0 Å². The SMILES string of the molecule is CC1(C)CC2=C1C(=O)CC2. The molecule has 0 fully saturated rings. The maximum absolute atomic E-state index is 11.2. The maximum atomic E-state index is 11.2. The predicted molar refractivity (Wildman–Crippen MR) is 39.7 cm³/mol. The van der Waals surface area contributed by atoms with E-state index in [1.165, 1.54) is 5.57 Å². The van der Waals surface area contributed by atoms with Crippen LogP contribution in [-0.2, 0) is 4.79 Å². The van der Waals surface area contributed by atoms with Crippen molar-refractivity contribution in [1.29, 1.82) is 0 Å². The van der Waals surface area contributed by atoms with Crippen LogP contribution in [-0.4, -0.2) is 5.78 Å². The quantitative estimate of drug-likeness (QED) is 0.498. The Labute approximate surface area is 61.1 Å². The molecule has 0 saturated carbocycles. The topological polar surface area (TPSA) is 17.1 Å². The molecule has 0 unspecified atom stereocenters. The Morgan fingerprint density at radius 3 is 2.40 bits per heavy atom. The molecule has 0 radical (unpaired) electrons. The summed E-state index contributed by atoms with van der Waals surface area (Å²) in [5.74, 6) is 0.409. The van der Waals surface area contributed by atoms with Crippen molar-refractivity contribution in [3.05, 3.63) is 11.1 Å². The Balaban J connectivity index is 2.40. The van der Waals surface area contributed by atoms with Crippen LogP contribution in [0.1, 0.15) is 33.1 Å². The summed E-state index contributed by atoms with van der Waals surface area (Å²) in [6, 6.07) is 0. The van der Waals surface area contributed by atoms with Gasteiger partial charge in [-0.05, 0) is 18.3 Å². The van der Waals surface area contributed by atoms with E-state index < -0.39 is 0 Å². The lowest BCUT2D eigenvalue weighted by Crippen LogP contribution is -2.27. The van der Waals surface area contributed by atoms with Gasteiger partial charge in [-0.1, -0.05) is 19.4 Å². The summed E-state index contributed by atoms with van der Waals surface area (Å²) < 4.78 is 0. The summed E-state index contributed by atoms with van der Waals surface area (Å²) in [5.41, 5.74) is 2.82. The maximum Gasteiger partial charge on any atom is 0.159 e. The van der Waals surface area contributed by atoms with Crippen LogP contribution in [0.4, 0.5) is 0 Å². The third-order valence-corrected chi connectivity index (χ3v) is 2.62. The third-order valence-electron chi connectivity index (χ3n) is 2.62. The monoisotopic (exact) mass is 136 g/mol. The Morgan fingerprint density at radius 1 is 1.30 bits per heavy atom. The van der Waals surface area contributed by atoms with E-state index in [-0.39, 0.29) is 5.41 Å². The molecule has 0 saturated heterocycles. The van der Waals surface area contributed by atoms with E-state index in [9.17, 15) is 4.79 Å². The van der Waals surface area contributed by atoms with Crippen LogP contribution < -0.4 is 0 Å². The molecule has 2 aliphatic carbocycles. The molecule has 2 rings (SSSR count). The lowest BCUT2D eigenvalue weighted by molar-refractivity contribution is -0.115. The zero-order valence-corrected chi connectivity index (χ0v) is 6.53. The second kappa shape index (κ2) is 1.52. The van der Waals surface area contributed by atoms with Gasteiger partial charge in [-0.2, -0.15) is 0 Å². The Bertz CT molecular complexity index is 233. The van der Waals surface area contributed by atoms with Crippen molar-refractivity contribution in [1.82, 2.24) is 0 Å². The van der Waals surface area contributed by atoms with E-state index in [0.717, 1.165) is 24.8 Å². The smallest absolute Gasteiger partial charge is 0.159 e. The number of Topliss-reactive ketones (excluding diaryl/α,β-unsaturated/α-hetero) is 1. The molecule has 0 bridgehead atoms. The number of hydrogen-bond donors (Lipinski definition) is 0. The highest BCUT2D eigenvalue weighted by atomic mass is 16.1. The predicted octanol–water partition coefficient (Wildman–Crippen LogP) is 2.08.